The van der Waals surface area contributed by atoms with Crippen molar-refractivity contribution in [1.82, 2.24) is 5.32 Å². The van der Waals surface area contributed by atoms with E-state index in [0.29, 0.717) is 6.61 Å². The molecular weight excluding hydrogens is 357 g/mol. The van der Waals surface area contributed by atoms with Crippen LogP contribution in [0.25, 0.3) is 0 Å². The SMILES string of the molecule is Cl.Fc1ccc(CCNCc2ccc(OCc3cccs3)cc2)cc1. The lowest BCUT2D eigenvalue weighted by molar-refractivity contribution is 0.309. The number of halogens is 2. The maximum Gasteiger partial charge on any atom is 0.123 e. The first-order valence-corrected chi connectivity index (χ1v) is 8.87. The molecule has 0 aliphatic heterocycles. The van der Waals surface area contributed by atoms with Crippen molar-refractivity contribution >= 4 is 23.7 Å². The van der Waals surface area contributed by atoms with E-state index in [9.17, 15) is 4.39 Å². The quantitative estimate of drug-likeness (QED) is 0.543. The number of ether oxygens (including phenoxy) is 1. The smallest absolute Gasteiger partial charge is 0.123 e. The van der Waals surface area contributed by atoms with Crippen LogP contribution in [0.1, 0.15) is 16.0 Å². The fourth-order valence-electron chi connectivity index (χ4n) is 2.37. The number of thiophene rings is 1. The number of hydrogen-bond donors (Lipinski definition) is 1. The zero-order valence-corrected chi connectivity index (χ0v) is 15.4. The van der Waals surface area contributed by atoms with Crippen molar-refractivity contribution in [2.75, 3.05) is 6.54 Å². The van der Waals surface area contributed by atoms with Crippen LogP contribution in [0, 0.1) is 5.82 Å². The van der Waals surface area contributed by atoms with Crippen LogP contribution in [-0.2, 0) is 19.6 Å². The van der Waals surface area contributed by atoms with Gasteiger partial charge in [0.25, 0.3) is 0 Å². The molecular formula is C20H21ClFNOS. The highest BCUT2D eigenvalue weighted by atomic mass is 35.5. The van der Waals surface area contributed by atoms with Crippen LogP contribution in [0.4, 0.5) is 4.39 Å². The summed E-state index contributed by atoms with van der Waals surface area (Å²) in [5.74, 6) is 0.701. The van der Waals surface area contributed by atoms with Crippen LogP contribution in [0.15, 0.2) is 66.0 Å². The lowest BCUT2D eigenvalue weighted by Crippen LogP contribution is -2.16. The predicted octanol–water partition coefficient (Wildman–Crippen LogP) is 5.22. The van der Waals surface area contributed by atoms with E-state index >= 15 is 0 Å². The van der Waals surface area contributed by atoms with Gasteiger partial charge in [0, 0.05) is 11.4 Å². The largest absolute Gasteiger partial charge is 0.488 e. The third kappa shape index (κ3) is 6.50. The lowest BCUT2D eigenvalue weighted by atomic mass is 10.1. The van der Waals surface area contributed by atoms with Gasteiger partial charge in [0.1, 0.15) is 18.2 Å². The summed E-state index contributed by atoms with van der Waals surface area (Å²) in [6.45, 7) is 2.29. The van der Waals surface area contributed by atoms with Crippen LogP contribution in [0.5, 0.6) is 5.75 Å². The molecule has 0 fully saturated rings. The molecule has 2 nitrogen and oxygen atoms in total. The van der Waals surface area contributed by atoms with Gasteiger partial charge in [-0.1, -0.05) is 30.3 Å². The fourth-order valence-corrected chi connectivity index (χ4v) is 2.99. The maximum absolute atomic E-state index is 12.8. The van der Waals surface area contributed by atoms with Gasteiger partial charge in [0.15, 0.2) is 0 Å². The molecule has 132 valence electrons. The average Bonchev–Trinajstić information content (AvgIpc) is 3.13. The van der Waals surface area contributed by atoms with Crippen molar-refractivity contribution in [3.8, 4) is 5.75 Å². The summed E-state index contributed by atoms with van der Waals surface area (Å²) >= 11 is 1.70. The van der Waals surface area contributed by atoms with Crippen molar-refractivity contribution in [2.24, 2.45) is 0 Å². The molecule has 0 aliphatic carbocycles. The summed E-state index contributed by atoms with van der Waals surface area (Å²) in [7, 11) is 0. The highest BCUT2D eigenvalue weighted by Gasteiger charge is 1.99. The van der Waals surface area contributed by atoms with Gasteiger partial charge < -0.3 is 10.1 Å². The predicted molar refractivity (Wildman–Crippen MR) is 104 cm³/mol. The van der Waals surface area contributed by atoms with E-state index in [2.05, 4.69) is 28.9 Å². The number of hydrogen-bond acceptors (Lipinski definition) is 3. The van der Waals surface area contributed by atoms with Crippen molar-refractivity contribution in [3.63, 3.8) is 0 Å². The molecule has 0 spiro atoms. The topological polar surface area (TPSA) is 21.3 Å². The minimum atomic E-state index is -0.187. The second-order valence-corrected chi connectivity index (χ2v) is 6.60. The van der Waals surface area contributed by atoms with E-state index in [-0.39, 0.29) is 18.2 Å². The summed E-state index contributed by atoms with van der Waals surface area (Å²) in [6, 6.07) is 18.9. The van der Waals surface area contributed by atoms with E-state index < -0.39 is 0 Å². The first kappa shape index (κ1) is 19.4. The molecule has 0 radical (unpaired) electrons. The average molecular weight is 378 g/mol. The maximum atomic E-state index is 12.8. The molecule has 2 aromatic carbocycles. The summed E-state index contributed by atoms with van der Waals surface area (Å²) in [5.41, 5.74) is 2.36. The Morgan fingerprint density at radius 2 is 1.64 bits per heavy atom. The van der Waals surface area contributed by atoms with Gasteiger partial charge in [0.05, 0.1) is 0 Å². The molecule has 5 heteroatoms. The van der Waals surface area contributed by atoms with Gasteiger partial charge in [-0.15, -0.1) is 23.7 Å². The van der Waals surface area contributed by atoms with Crippen molar-refractivity contribution in [3.05, 3.63) is 87.9 Å². The Hall–Kier alpha value is -1.88. The van der Waals surface area contributed by atoms with Crippen molar-refractivity contribution in [1.29, 1.82) is 0 Å². The highest BCUT2D eigenvalue weighted by Crippen LogP contribution is 2.16. The Labute approximate surface area is 158 Å². The monoisotopic (exact) mass is 377 g/mol. The molecule has 0 saturated carbocycles. The molecule has 1 aromatic heterocycles. The molecule has 1 heterocycles. The Kier molecular flexibility index (Phi) is 7.92. The van der Waals surface area contributed by atoms with Crippen LogP contribution in [-0.4, -0.2) is 6.54 Å². The van der Waals surface area contributed by atoms with E-state index in [1.54, 1.807) is 11.3 Å². The van der Waals surface area contributed by atoms with Crippen LogP contribution in [0.2, 0.25) is 0 Å². The molecule has 3 rings (SSSR count). The first-order valence-electron chi connectivity index (χ1n) is 7.99. The van der Waals surface area contributed by atoms with Crippen molar-refractivity contribution < 1.29 is 9.13 Å². The highest BCUT2D eigenvalue weighted by molar-refractivity contribution is 7.09. The molecule has 0 aliphatic rings. The van der Waals surface area contributed by atoms with Gasteiger partial charge >= 0.3 is 0 Å². The van der Waals surface area contributed by atoms with Gasteiger partial charge in [0.2, 0.25) is 0 Å². The standard InChI is InChI=1S/C20H20FNOS.ClH/c21-18-7-3-16(4-8-18)11-12-22-14-17-5-9-19(10-6-17)23-15-20-2-1-13-24-20;/h1-10,13,22H,11-12,14-15H2;1H. The van der Waals surface area contributed by atoms with E-state index in [1.165, 1.54) is 22.6 Å². The molecule has 0 unspecified atom stereocenters. The van der Waals surface area contributed by atoms with Crippen LogP contribution < -0.4 is 10.1 Å². The van der Waals surface area contributed by atoms with Crippen LogP contribution in [0.3, 0.4) is 0 Å². The first-order chi connectivity index (χ1) is 11.8. The van der Waals surface area contributed by atoms with Gasteiger partial charge in [-0.25, -0.2) is 4.39 Å². The van der Waals surface area contributed by atoms with E-state index in [0.717, 1.165) is 30.8 Å². The Bertz CT molecular complexity index is 729. The minimum absolute atomic E-state index is 0. The molecule has 25 heavy (non-hydrogen) atoms. The molecule has 0 atom stereocenters. The molecule has 0 saturated heterocycles. The Morgan fingerprint density at radius 3 is 2.32 bits per heavy atom. The van der Waals surface area contributed by atoms with Crippen molar-refractivity contribution in [2.45, 2.75) is 19.6 Å². The minimum Gasteiger partial charge on any atom is -0.488 e. The summed E-state index contributed by atoms with van der Waals surface area (Å²) in [4.78, 5) is 1.22. The second-order valence-electron chi connectivity index (χ2n) is 5.57. The zero-order chi connectivity index (χ0) is 16.6. The number of benzene rings is 2. The molecule has 3 aromatic rings. The number of nitrogens with one attached hydrogen (secondary N) is 1. The summed E-state index contributed by atoms with van der Waals surface area (Å²) in [5, 5.41) is 5.46. The van der Waals surface area contributed by atoms with E-state index in [1.807, 2.05) is 30.3 Å². The zero-order valence-electron chi connectivity index (χ0n) is 13.8. The third-order valence-electron chi connectivity index (χ3n) is 3.72. The van der Waals surface area contributed by atoms with Gasteiger partial charge in [-0.2, -0.15) is 0 Å². The van der Waals surface area contributed by atoms with Crippen LogP contribution >= 0.6 is 23.7 Å². The summed E-state index contributed by atoms with van der Waals surface area (Å²) < 4.78 is 18.6. The normalized spacial score (nSPS) is 10.3. The number of rotatable bonds is 8. The molecule has 0 amide bonds. The molecule has 1 N–H and O–H groups in total. The van der Waals surface area contributed by atoms with E-state index in [4.69, 9.17) is 4.74 Å². The summed E-state index contributed by atoms with van der Waals surface area (Å²) in [6.07, 6.45) is 0.891. The second kappa shape index (κ2) is 10.2. The van der Waals surface area contributed by atoms with Gasteiger partial charge in [-0.05, 0) is 59.8 Å². The lowest BCUT2D eigenvalue weighted by Gasteiger charge is -2.08. The third-order valence-corrected chi connectivity index (χ3v) is 4.57. The Balaban J connectivity index is 0.00000225. The Morgan fingerprint density at radius 1 is 0.920 bits per heavy atom. The van der Waals surface area contributed by atoms with Gasteiger partial charge in [-0.3, -0.25) is 0 Å². The fraction of sp³-hybridized carbons (Fsp3) is 0.200. The molecule has 0 bridgehead atoms.